The van der Waals surface area contributed by atoms with E-state index < -0.39 is 0 Å². The maximum absolute atomic E-state index is 10.5. The van der Waals surface area contributed by atoms with Crippen molar-refractivity contribution < 1.29 is 9.53 Å². The quantitative estimate of drug-likeness (QED) is 0.328. The number of nitrogens with zero attached hydrogens (tertiary/aromatic N) is 1. The Balaban J connectivity index is 2.51. The molecule has 4 heteroatoms. The Morgan fingerprint density at radius 1 is 1.67 bits per heavy atom. The number of hydrogen-bond acceptors (Lipinski definition) is 3. The van der Waals surface area contributed by atoms with Crippen molar-refractivity contribution in [1.29, 1.82) is 0 Å². The third kappa shape index (κ3) is 2.67. The summed E-state index contributed by atoms with van der Waals surface area (Å²) in [5.74, 6) is 0. The molecule has 12 heavy (non-hydrogen) atoms. The Morgan fingerprint density at radius 3 is 2.83 bits per heavy atom. The van der Waals surface area contributed by atoms with Gasteiger partial charge in [-0.25, -0.2) is 0 Å². The molecule has 0 aromatic heterocycles. The average molecular weight is 283 g/mol. The van der Waals surface area contributed by atoms with Crippen LogP contribution < -0.4 is 0 Å². The molecule has 0 radical (unpaired) electrons. The van der Waals surface area contributed by atoms with Crippen LogP contribution in [0.4, 0.5) is 0 Å². The Morgan fingerprint density at radius 2 is 2.33 bits per heavy atom. The lowest BCUT2D eigenvalue weighted by Gasteiger charge is -2.39. The van der Waals surface area contributed by atoms with Gasteiger partial charge >= 0.3 is 0 Å². The third-order valence-corrected chi connectivity index (χ3v) is 3.00. The standard InChI is InChI=1S/C8H14INO2/c1-8(2)6-10(3-4-12-8)7(9)5-11/h5,7H,3-4,6H2,1-2H3/t7-/m1/s1. The molecule has 1 saturated heterocycles. The molecular weight excluding hydrogens is 269 g/mol. The second kappa shape index (κ2) is 4.02. The van der Waals surface area contributed by atoms with Gasteiger partial charge in [-0.05, 0) is 13.8 Å². The van der Waals surface area contributed by atoms with Gasteiger partial charge in [0.15, 0.2) is 0 Å². The summed E-state index contributed by atoms with van der Waals surface area (Å²) in [6, 6.07) is 0. The maximum atomic E-state index is 10.5. The van der Waals surface area contributed by atoms with Crippen molar-refractivity contribution in [2.24, 2.45) is 0 Å². The van der Waals surface area contributed by atoms with Gasteiger partial charge in [0.2, 0.25) is 0 Å². The highest BCUT2D eigenvalue weighted by Crippen LogP contribution is 2.19. The van der Waals surface area contributed by atoms with E-state index >= 15 is 0 Å². The number of aldehydes is 1. The fraction of sp³-hybridized carbons (Fsp3) is 0.875. The fourth-order valence-electron chi connectivity index (χ4n) is 1.35. The smallest absolute Gasteiger partial charge is 0.147 e. The van der Waals surface area contributed by atoms with E-state index in [2.05, 4.69) is 27.5 Å². The molecule has 0 unspecified atom stereocenters. The Kier molecular flexibility index (Phi) is 3.48. The van der Waals surface area contributed by atoms with Gasteiger partial charge in [-0.3, -0.25) is 4.90 Å². The molecule has 1 fully saturated rings. The van der Waals surface area contributed by atoms with Crippen LogP contribution in [0.15, 0.2) is 0 Å². The van der Waals surface area contributed by atoms with Crippen LogP contribution >= 0.6 is 22.6 Å². The highest BCUT2D eigenvalue weighted by molar-refractivity contribution is 14.1. The number of hydrogen-bond donors (Lipinski definition) is 0. The molecule has 0 aromatic rings. The summed E-state index contributed by atoms with van der Waals surface area (Å²) in [4.78, 5) is 12.7. The average Bonchev–Trinajstić information content (AvgIpc) is 2.01. The zero-order valence-electron chi connectivity index (χ0n) is 7.42. The van der Waals surface area contributed by atoms with E-state index in [9.17, 15) is 4.79 Å². The molecule has 0 spiro atoms. The Bertz CT molecular complexity index is 172. The number of alkyl halides is 1. The van der Waals surface area contributed by atoms with Crippen LogP contribution in [0.1, 0.15) is 13.8 Å². The summed E-state index contributed by atoms with van der Waals surface area (Å²) < 4.78 is 5.52. The maximum Gasteiger partial charge on any atom is 0.147 e. The lowest BCUT2D eigenvalue weighted by Crippen LogP contribution is -2.50. The summed E-state index contributed by atoms with van der Waals surface area (Å²) in [6.45, 7) is 6.51. The number of halogens is 1. The van der Waals surface area contributed by atoms with Gasteiger partial charge in [0.25, 0.3) is 0 Å². The van der Waals surface area contributed by atoms with E-state index in [4.69, 9.17) is 4.74 Å². The zero-order chi connectivity index (χ0) is 9.19. The van der Waals surface area contributed by atoms with Crippen LogP contribution in [0, 0.1) is 0 Å². The summed E-state index contributed by atoms with van der Waals surface area (Å²) in [5.41, 5.74) is -0.106. The van der Waals surface area contributed by atoms with Crippen molar-refractivity contribution in [2.45, 2.75) is 23.5 Å². The van der Waals surface area contributed by atoms with Crippen LogP contribution in [0.2, 0.25) is 0 Å². The van der Waals surface area contributed by atoms with Gasteiger partial charge < -0.3 is 9.53 Å². The lowest BCUT2D eigenvalue weighted by molar-refractivity contribution is -0.116. The van der Waals surface area contributed by atoms with E-state index in [0.717, 1.165) is 26.0 Å². The minimum Gasteiger partial charge on any atom is -0.373 e. The van der Waals surface area contributed by atoms with Gasteiger partial charge in [0, 0.05) is 13.1 Å². The number of morpholine rings is 1. The number of carbonyl (C=O) groups excluding carboxylic acids is 1. The summed E-state index contributed by atoms with van der Waals surface area (Å²) in [5, 5.41) is 0. The molecular formula is C8H14INO2. The van der Waals surface area contributed by atoms with Crippen LogP contribution in [-0.4, -0.2) is 40.5 Å². The second-order valence-electron chi connectivity index (χ2n) is 3.59. The monoisotopic (exact) mass is 283 g/mol. The SMILES string of the molecule is CC1(C)CN([C@@H](I)C=O)CCO1. The molecule has 3 nitrogen and oxygen atoms in total. The molecule has 1 heterocycles. The van der Waals surface area contributed by atoms with Crippen molar-refractivity contribution in [3.05, 3.63) is 0 Å². The first-order chi connectivity index (χ1) is 5.55. The molecule has 0 aromatic carbocycles. The zero-order valence-corrected chi connectivity index (χ0v) is 9.58. The van der Waals surface area contributed by atoms with Gasteiger partial charge in [0.1, 0.15) is 10.3 Å². The van der Waals surface area contributed by atoms with Crippen molar-refractivity contribution in [1.82, 2.24) is 4.90 Å². The summed E-state index contributed by atoms with van der Waals surface area (Å²) >= 11 is 2.14. The number of ether oxygens (including phenoxy) is 1. The van der Waals surface area contributed by atoms with Crippen molar-refractivity contribution >= 4 is 28.9 Å². The molecule has 1 atom stereocenters. The van der Waals surface area contributed by atoms with Crippen molar-refractivity contribution in [3.63, 3.8) is 0 Å². The lowest BCUT2D eigenvalue weighted by atomic mass is 10.1. The van der Waals surface area contributed by atoms with Gasteiger partial charge in [-0.2, -0.15) is 0 Å². The van der Waals surface area contributed by atoms with Gasteiger partial charge in [0.05, 0.1) is 12.2 Å². The molecule has 0 amide bonds. The Hall–Kier alpha value is 0.320. The molecule has 1 rings (SSSR count). The first kappa shape index (κ1) is 10.4. The first-order valence-corrected chi connectivity index (χ1v) is 5.27. The van der Waals surface area contributed by atoms with Crippen LogP contribution in [0.25, 0.3) is 0 Å². The molecule has 1 aliphatic heterocycles. The van der Waals surface area contributed by atoms with Crippen LogP contribution in [0.5, 0.6) is 0 Å². The summed E-state index contributed by atoms with van der Waals surface area (Å²) in [6.07, 6.45) is 0.974. The second-order valence-corrected chi connectivity index (χ2v) is 4.86. The molecule has 0 saturated carbocycles. The van der Waals surface area contributed by atoms with E-state index in [-0.39, 0.29) is 9.65 Å². The van der Waals surface area contributed by atoms with Crippen molar-refractivity contribution in [3.8, 4) is 0 Å². The topological polar surface area (TPSA) is 29.5 Å². The predicted octanol–water partition coefficient (Wildman–Crippen LogP) is 1.06. The fourth-order valence-corrected chi connectivity index (χ4v) is 1.83. The number of carbonyl (C=O) groups is 1. The highest BCUT2D eigenvalue weighted by Gasteiger charge is 2.29. The minimum absolute atomic E-state index is 0.00854. The Labute approximate surface area is 86.6 Å². The normalized spacial score (nSPS) is 26.6. The van der Waals surface area contributed by atoms with Gasteiger partial charge in [-0.15, -0.1) is 0 Å². The minimum atomic E-state index is -0.106. The van der Waals surface area contributed by atoms with E-state index in [0.29, 0.717) is 0 Å². The first-order valence-electron chi connectivity index (χ1n) is 4.02. The van der Waals surface area contributed by atoms with E-state index in [1.54, 1.807) is 0 Å². The highest BCUT2D eigenvalue weighted by atomic mass is 127. The van der Waals surface area contributed by atoms with Crippen molar-refractivity contribution in [2.75, 3.05) is 19.7 Å². The largest absolute Gasteiger partial charge is 0.373 e. The predicted molar refractivity (Wildman–Crippen MR) is 55.5 cm³/mol. The van der Waals surface area contributed by atoms with Gasteiger partial charge in [-0.1, -0.05) is 22.6 Å². The third-order valence-electron chi connectivity index (χ3n) is 1.92. The molecule has 0 bridgehead atoms. The molecule has 0 aliphatic carbocycles. The molecule has 0 N–H and O–H groups in total. The summed E-state index contributed by atoms with van der Waals surface area (Å²) in [7, 11) is 0. The number of rotatable bonds is 2. The molecule has 70 valence electrons. The molecule has 1 aliphatic rings. The van der Waals surface area contributed by atoms with E-state index in [1.807, 2.05) is 13.8 Å². The van der Waals surface area contributed by atoms with Crippen LogP contribution in [-0.2, 0) is 9.53 Å². The van der Waals surface area contributed by atoms with E-state index in [1.165, 1.54) is 0 Å². The van der Waals surface area contributed by atoms with Crippen LogP contribution in [0.3, 0.4) is 0 Å².